The van der Waals surface area contributed by atoms with E-state index in [0.717, 1.165) is 18.7 Å². The Labute approximate surface area is 86.2 Å². The summed E-state index contributed by atoms with van der Waals surface area (Å²) in [6, 6.07) is 5.89. The topological polar surface area (TPSA) is 45.1 Å². The molecule has 0 radical (unpaired) electrons. The fraction of sp³-hybridized carbons (Fsp3) is 0.545. The Hall–Kier alpha value is -0.930. The molecule has 3 nitrogen and oxygen atoms in total. The molecule has 2 N–H and O–H groups in total. The van der Waals surface area contributed by atoms with E-state index < -0.39 is 0 Å². The summed E-state index contributed by atoms with van der Waals surface area (Å²) in [6.07, 6.45) is 2.71. The molecule has 1 heterocycles. The molecule has 0 amide bonds. The third-order valence-corrected chi connectivity index (χ3v) is 1.57. The van der Waals surface area contributed by atoms with Crippen LogP contribution in [-0.2, 0) is 6.42 Å². The Balaban J connectivity index is 0.000000791. The summed E-state index contributed by atoms with van der Waals surface area (Å²) in [7, 11) is 0. The Morgan fingerprint density at radius 1 is 1.29 bits per heavy atom. The van der Waals surface area contributed by atoms with Crippen LogP contribution in [0.25, 0.3) is 0 Å². The number of pyridine rings is 1. The standard InChI is InChI=1S/C9H14N2O.C2H6/c12-8-7-10-6-4-9-3-1-2-5-11-9;1-2/h1-3,5,10,12H,4,6-8H2;1-2H3. The van der Waals surface area contributed by atoms with Crippen LogP contribution in [0.5, 0.6) is 0 Å². The van der Waals surface area contributed by atoms with Crippen LogP contribution in [0, 0.1) is 0 Å². The van der Waals surface area contributed by atoms with Gasteiger partial charge in [0.1, 0.15) is 0 Å². The van der Waals surface area contributed by atoms with Crippen molar-refractivity contribution in [2.75, 3.05) is 19.7 Å². The molecule has 0 saturated heterocycles. The van der Waals surface area contributed by atoms with Gasteiger partial charge in [-0.15, -0.1) is 0 Å². The van der Waals surface area contributed by atoms with E-state index in [-0.39, 0.29) is 6.61 Å². The fourth-order valence-electron chi connectivity index (χ4n) is 0.967. The lowest BCUT2D eigenvalue weighted by atomic mass is 10.3. The van der Waals surface area contributed by atoms with Crippen molar-refractivity contribution in [1.82, 2.24) is 10.3 Å². The molecular weight excluding hydrogens is 176 g/mol. The second-order valence-corrected chi connectivity index (χ2v) is 2.54. The predicted octanol–water partition coefficient (Wildman–Crippen LogP) is 1.23. The van der Waals surface area contributed by atoms with E-state index in [9.17, 15) is 0 Å². The highest BCUT2D eigenvalue weighted by Crippen LogP contribution is 1.92. The summed E-state index contributed by atoms with van der Waals surface area (Å²) in [6.45, 7) is 5.73. The van der Waals surface area contributed by atoms with E-state index in [1.54, 1.807) is 6.20 Å². The Morgan fingerprint density at radius 3 is 2.64 bits per heavy atom. The maximum absolute atomic E-state index is 8.49. The van der Waals surface area contributed by atoms with E-state index in [2.05, 4.69) is 10.3 Å². The second kappa shape index (κ2) is 10.2. The summed E-state index contributed by atoms with van der Waals surface area (Å²) in [4.78, 5) is 4.17. The molecule has 0 fully saturated rings. The van der Waals surface area contributed by atoms with E-state index in [0.29, 0.717) is 6.54 Å². The molecule has 1 rings (SSSR count). The molecular formula is C11H20N2O. The molecule has 0 saturated carbocycles. The van der Waals surface area contributed by atoms with Crippen LogP contribution in [-0.4, -0.2) is 29.8 Å². The van der Waals surface area contributed by atoms with E-state index in [1.807, 2.05) is 32.0 Å². The largest absolute Gasteiger partial charge is 0.395 e. The molecule has 0 aliphatic rings. The molecule has 0 aliphatic carbocycles. The van der Waals surface area contributed by atoms with Crippen LogP contribution in [0.15, 0.2) is 24.4 Å². The number of rotatable bonds is 5. The highest BCUT2D eigenvalue weighted by Gasteiger charge is 1.90. The lowest BCUT2D eigenvalue weighted by Gasteiger charge is -2.01. The summed E-state index contributed by atoms with van der Waals surface area (Å²) >= 11 is 0. The van der Waals surface area contributed by atoms with Gasteiger partial charge in [0.25, 0.3) is 0 Å². The Kier molecular flexibility index (Phi) is 9.48. The smallest absolute Gasteiger partial charge is 0.0555 e. The van der Waals surface area contributed by atoms with Crippen molar-refractivity contribution >= 4 is 0 Å². The molecule has 0 unspecified atom stereocenters. The van der Waals surface area contributed by atoms with Gasteiger partial charge in [-0.2, -0.15) is 0 Å². The van der Waals surface area contributed by atoms with Crippen molar-refractivity contribution in [3.05, 3.63) is 30.1 Å². The van der Waals surface area contributed by atoms with Crippen LogP contribution in [0.1, 0.15) is 19.5 Å². The van der Waals surface area contributed by atoms with Gasteiger partial charge < -0.3 is 10.4 Å². The van der Waals surface area contributed by atoms with Crippen LogP contribution < -0.4 is 5.32 Å². The monoisotopic (exact) mass is 196 g/mol. The van der Waals surface area contributed by atoms with Gasteiger partial charge in [0, 0.05) is 31.4 Å². The van der Waals surface area contributed by atoms with Crippen LogP contribution >= 0.6 is 0 Å². The molecule has 14 heavy (non-hydrogen) atoms. The zero-order chi connectivity index (χ0) is 10.6. The summed E-state index contributed by atoms with van der Waals surface area (Å²) in [5, 5.41) is 11.6. The van der Waals surface area contributed by atoms with Crippen LogP contribution in [0.4, 0.5) is 0 Å². The molecule has 0 aromatic carbocycles. The lowest BCUT2D eigenvalue weighted by Crippen LogP contribution is -2.21. The lowest BCUT2D eigenvalue weighted by molar-refractivity contribution is 0.292. The quantitative estimate of drug-likeness (QED) is 0.696. The summed E-state index contributed by atoms with van der Waals surface area (Å²) in [5.41, 5.74) is 1.09. The number of aromatic nitrogens is 1. The number of nitrogens with zero attached hydrogens (tertiary/aromatic N) is 1. The molecule has 1 aromatic rings. The molecule has 80 valence electrons. The average Bonchev–Trinajstić information content (AvgIpc) is 2.29. The average molecular weight is 196 g/mol. The van der Waals surface area contributed by atoms with Gasteiger partial charge >= 0.3 is 0 Å². The molecule has 0 atom stereocenters. The van der Waals surface area contributed by atoms with E-state index in [1.165, 1.54) is 0 Å². The fourth-order valence-corrected chi connectivity index (χ4v) is 0.967. The van der Waals surface area contributed by atoms with Crippen molar-refractivity contribution < 1.29 is 5.11 Å². The minimum Gasteiger partial charge on any atom is -0.395 e. The Morgan fingerprint density at radius 2 is 2.07 bits per heavy atom. The minimum absolute atomic E-state index is 0.197. The predicted molar refractivity (Wildman–Crippen MR) is 59.2 cm³/mol. The van der Waals surface area contributed by atoms with E-state index >= 15 is 0 Å². The molecule has 0 bridgehead atoms. The minimum atomic E-state index is 0.197. The van der Waals surface area contributed by atoms with Crippen molar-refractivity contribution in [1.29, 1.82) is 0 Å². The molecule has 0 aliphatic heterocycles. The molecule has 1 aromatic heterocycles. The second-order valence-electron chi connectivity index (χ2n) is 2.54. The zero-order valence-corrected chi connectivity index (χ0v) is 9.03. The first-order valence-electron chi connectivity index (χ1n) is 5.15. The van der Waals surface area contributed by atoms with Crippen LogP contribution in [0.3, 0.4) is 0 Å². The third-order valence-electron chi connectivity index (χ3n) is 1.57. The normalized spacial score (nSPS) is 9.07. The van der Waals surface area contributed by atoms with Gasteiger partial charge in [-0.25, -0.2) is 0 Å². The first-order chi connectivity index (χ1) is 6.93. The maximum atomic E-state index is 8.49. The van der Waals surface area contributed by atoms with Gasteiger partial charge in [-0.05, 0) is 12.1 Å². The van der Waals surface area contributed by atoms with Crippen molar-refractivity contribution in [3.8, 4) is 0 Å². The van der Waals surface area contributed by atoms with Crippen molar-refractivity contribution in [2.24, 2.45) is 0 Å². The van der Waals surface area contributed by atoms with Crippen LogP contribution in [0.2, 0.25) is 0 Å². The zero-order valence-electron chi connectivity index (χ0n) is 9.03. The number of nitrogens with one attached hydrogen (secondary N) is 1. The summed E-state index contributed by atoms with van der Waals surface area (Å²) < 4.78 is 0. The molecule has 0 spiro atoms. The van der Waals surface area contributed by atoms with E-state index in [4.69, 9.17) is 5.11 Å². The highest BCUT2D eigenvalue weighted by atomic mass is 16.3. The van der Waals surface area contributed by atoms with Gasteiger partial charge in [0.2, 0.25) is 0 Å². The Bertz CT molecular complexity index is 202. The number of hydrogen-bond donors (Lipinski definition) is 2. The number of aliphatic hydroxyl groups excluding tert-OH is 1. The van der Waals surface area contributed by atoms with Gasteiger partial charge in [0.15, 0.2) is 0 Å². The highest BCUT2D eigenvalue weighted by molar-refractivity contribution is 5.03. The van der Waals surface area contributed by atoms with Gasteiger partial charge in [0.05, 0.1) is 6.61 Å². The van der Waals surface area contributed by atoms with Crippen molar-refractivity contribution in [3.63, 3.8) is 0 Å². The first-order valence-corrected chi connectivity index (χ1v) is 5.15. The maximum Gasteiger partial charge on any atom is 0.0555 e. The first kappa shape index (κ1) is 13.1. The SMILES string of the molecule is CC.OCCNCCc1ccccn1. The number of aliphatic hydroxyl groups is 1. The van der Waals surface area contributed by atoms with Gasteiger partial charge in [-0.1, -0.05) is 19.9 Å². The molecule has 3 heteroatoms. The summed E-state index contributed by atoms with van der Waals surface area (Å²) in [5.74, 6) is 0. The van der Waals surface area contributed by atoms with Gasteiger partial charge in [-0.3, -0.25) is 4.98 Å². The third kappa shape index (κ3) is 6.57. The van der Waals surface area contributed by atoms with Crippen molar-refractivity contribution in [2.45, 2.75) is 20.3 Å². The number of hydrogen-bond acceptors (Lipinski definition) is 3.